The van der Waals surface area contributed by atoms with Gasteiger partial charge in [0.1, 0.15) is 18.4 Å². The van der Waals surface area contributed by atoms with Crippen LogP contribution in [0.3, 0.4) is 0 Å². The van der Waals surface area contributed by atoms with E-state index >= 15 is 0 Å². The van der Waals surface area contributed by atoms with Crippen LogP contribution in [0.4, 0.5) is 14.5 Å². The van der Waals surface area contributed by atoms with Crippen molar-refractivity contribution in [2.45, 2.75) is 6.61 Å². The molecule has 0 fully saturated rings. The summed E-state index contributed by atoms with van der Waals surface area (Å²) in [4.78, 5) is 15.9. The molecule has 1 heterocycles. The van der Waals surface area contributed by atoms with Crippen molar-refractivity contribution in [2.24, 2.45) is 0 Å². The summed E-state index contributed by atoms with van der Waals surface area (Å²) < 4.78 is 30.8. The van der Waals surface area contributed by atoms with E-state index in [9.17, 15) is 13.6 Å². The van der Waals surface area contributed by atoms with E-state index < -0.39 is 12.5 Å². The summed E-state index contributed by atoms with van der Waals surface area (Å²) in [6.07, 6.45) is 5.65. The third kappa shape index (κ3) is 4.50. The number of hydrogen-bond acceptors (Lipinski definition) is 4. The number of rotatable bonds is 6. The molecule has 0 saturated carbocycles. The number of aromatic nitrogens is 3. The van der Waals surface area contributed by atoms with Gasteiger partial charge in [0.05, 0.1) is 5.69 Å². The summed E-state index contributed by atoms with van der Waals surface area (Å²) in [5.41, 5.74) is 1.76. The van der Waals surface area contributed by atoms with Crippen LogP contribution < -0.4 is 10.1 Å². The topological polar surface area (TPSA) is 69.0 Å². The minimum Gasteiger partial charge on any atom is -0.434 e. The Morgan fingerprint density at radius 2 is 1.92 bits per heavy atom. The minimum atomic E-state index is -2.93. The predicted molar refractivity (Wildman–Crippen MR) is 92.1 cm³/mol. The molecule has 2 aromatic carbocycles. The van der Waals surface area contributed by atoms with Gasteiger partial charge >= 0.3 is 6.61 Å². The van der Waals surface area contributed by atoms with Gasteiger partial charge in [0.15, 0.2) is 0 Å². The van der Waals surface area contributed by atoms with E-state index in [0.29, 0.717) is 11.3 Å². The van der Waals surface area contributed by atoms with Crippen LogP contribution in [0.1, 0.15) is 5.56 Å². The van der Waals surface area contributed by atoms with Crippen molar-refractivity contribution in [1.82, 2.24) is 14.8 Å². The zero-order valence-electron chi connectivity index (χ0n) is 13.4. The molecule has 6 nitrogen and oxygen atoms in total. The summed E-state index contributed by atoms with van der Waals surface area (Å²) in [5, 5.41) is 6.70. The molecule has 1 amide bonds. The number of amides is 1. The molecule has 26 heavy (non-hydrogen) atoms. The van der Waals surface area contributed by atoms with Crippen molar-refractivity contribution in [3.63, 3.8) is 0 Å². The number of carbonyl (C=O) groups excluding carboxylic acids is 1. The average Bonchev–Trinajstić information content (AvgIpc) is 3.16. The van der Waals surface area contributed by atoms with Crippen LogP contribution >= 0.6 is 0 Å². The normalized spacial score (nSPS) is 11.0. The average molecular weight is 356 g/mol. The summed E-state index contributed by atoms with van der Waals surface area (Å²) in [7, 11) is 0. The van der Waals surface area contributed by atoms with Crippen molar-refractivity contribution >= 4 is 17.7 Å². The second-order valence-electron chi connectivity index (χ2n) is 5.13. The minimum absolute atomic E-state index is 0.00346. The van der Waals surface area contributed by atoms with Gasteiger partial charge < -0.3 is 10.1 Å². The molecular formula is C18H14F2N4O2. The molecule has 0 atom stereocenters. The van der Waals surface area contributed by atoms with Gasteiger partial charge in [0.25, 0.3) is 0 Å². The first-order valence-corrected chi connectivity index (χ1v) is 7.60. The molecule has 0 aliphatic rings. The van der Waals surface area contributed by atoms with Gasteiger partial charge in [-0.1, -0.05) is 18.2 Å². The number of nitrogens with zero attached hydrogens (tertiary/aromatic N) is 3. The molecule has 0 bridgehead atoms. The highest BCUT2D eigenvalue weighted by atomic mass is 19.3. The smallest absolute Gasteiger partial charge is 0.387 e. The standard InChI is InChI=1S/C18H14F2N4O2/c19-18(20)26-16-4-2-1-3-13(16)5-10-17(25)23-14-6-8-15(9-7-14)24-12-21-11-22-24/h1-12,18H,(H,23,25)/b10-5+. The van der Waals surface area contributed by atoms with Gasteiger partial charge in [-0.2, -0.15) is 13.9 Å². The van der Waals surface area contributed by atoms with Gasteiger partial charge in [-0.3, -0.25) is 4.79 Å². The SMILES string of the molecule is O=C(/C=C/c1ccccc1OC(F)F)Nc1ccc(-n2cncn2)cc1. The van der Waals surface area contributed by atoms with Crippen LogP contribution in [0.5, 0.6) is 5.75 Å². The number of benzene rings is 2. The maximum absolute atomic E-state index is 12.4. The van der Waals surface area contributed by atoms with Crippen molar-refractivity contribution < 1.29 is 18.3 Å². The Labute approximate surface area is 147 Å². The summed E-state index contributed by atoms with van der Waals surface area (Å²) in [6.45, 7) is -2.93. The maximum atomic E-state index is 12.4. The first-order chi connectivity index (χ1) is 12.6. The van der Waals surface area contributed by atoms with Crippen LogP contribution in [-0.4, -0.2) is 27.3 Å². The first-order valence-electron chi connectivity index (χ1n) is 7.60. The molecule has 0 aliphatic heterocycles. The zero-order chi connectivity index (χ0) is 18.4. The van der Waals surface area contributed by atoms with E-state index in [0.717, 1.165) is 5.69 Å². The van der Waals surface area contributed by atoms with Gasteiger partial charge in [-0.05, 0) is 36.4 Å². The number of para-hydroxylation sites is 1. The van der Waals surface area contributed by atoms with E-state index in [2.05, 4.69) is 20.1 Å². The number of nitrogens with one attached hydrogen (secondary N) is 1. The van der Waals surface area contributed by atoms with Crippen molar-refractivity contribution in [1.29, 1.82) is 0 Å². The fourth-order valence-corrected chi connectivity index (χ4v) is 2.21. The Balaban J connectivity index is 1.65. The number of hydrogen-bond donors (Lipinski definition) is 1. The lowest BCUT2D eigenvalue weighted by Crippen LogP contribution is -2.08. The molecule has 1 N–H and O–H groups in total. The van der Waals surface area contributed by atoms with E-state index in [4.69, 9.17) is 0 Å². The van der Waals surface area contributed by atoms with E-state index in [1.165, 1.54) is 24.5 Å². The summed E-state index contributed by atoms with van der Waals surface area (Å²) in [6, 6.07) is 13.2. The van der Waals surface area contributed by atoms with Crippen LogP contribution in [-0.2, 0) is 4.79 Å². The second kappa shape index (κ2) is 8.02. The molecule has 0 saturated heterocycles. The fourth-order valence-electron chi connectivity index (χ4n) is 2.21. The number of ether oxygens (including phenoxy) is 1. The number of halogens is 2. The molecule has 132 valence electrons. The highest BCUT2D eigenvalue weighted by Gasteiger charge is 2.07. The lowest BCUT2D eigenvalue weighted by atomic mass is 10.2. The highest BCUT2D eigenvalue weighted by Crippen LogP contribution is 2.21. The molecule has 3 aromatic rings. The fraction of sp³-hybridized carbons (Fsp3) is 0.0556. The van der Waals surface area contributed by atoms with Crippen LogP contribution in [0, 0.1) is 0 Å². The molecule has 0 unspecified atom stereocenters. The molecule has 0 spiro atoms. The molecule has 3 rings (SSSR count). The van der Waals surface area contributed by atoms with Gasteiger partial charge in [-0.15, -0.1) is 0 Å². The zero-order valence-corrected chi connectivity index (χ0v) is 13.4. The van der Waals surface area contributed by atoms with E-state index in [-0.39, 0.29) is 5.75 Å². The van der Waals surface area contributed by atoms with Gasteiger partial charge in [0, 0.05) is 17.3 Å². The van der Waals surface area contributed by atoms with Gasteiger partial charge in [0.2, 0.25) is 5.91 Å². The summed E-state index contributed by atoms with van der Waals surface area (Å²) >= 11 is 0. The quantitative estimate of drug-likeness (QED) is 0.686. The Morgan fingerprint density at radius 1 is 1.15 bits per heavy atom. The molecule has 0 radical (unpaired) electrons. The van der Waals surface area contributed by atoms with Crippen molar-refractivity contribution in [2.75, 3.05) is 5.32 Å². The Bertz CT molecular complexity index is 894. The lowest BCUT2D eigenvalue weighted by molar-refractivity contribution is -0.111. The van der Waals surface area contributed by atoms with E-state index in [1.54, 1.807) is 53.5 Å². The molecule has 0 aliphatic carbocycles. The Kier molecular flexibility index (Phi) is 5.33. The number of alkyl halides is 2. The Hall–Kier alpha value is -3.55. The summed E-state index contributed by atoms with van der Waals surface area (Å²) in [5.74, 6) is -0.394. The molecular weight excluding hydrogens is 342 g/mol. The third-order valence-corrected chi connectivity index (χ3v) is 3.37. The van der Waals surface area contributed by atoms with Crippen molar-refractivity contribution in [3.8, 4) is 11.4 Å². The largest absolute Gasteiger partial charge is 0.434 e. The second-order valence-corrected chi connectivity index (χ2v) is 5.13. The Morgan fingerprint density at radius 3 is 2.62 bits per heavy atom. The van der Waals surface area contributed by atoms with Crippen LogP contribution in [0.25, 0.3) is 11.8 Å². The molecule has 8 heteroatoms. The van der Waals surface area contributed by atoms with Crippen LogP contribution in [0.15, 0.2) is 67.3 Å². The number of anilines is 1. The predicted octanol–water partition coefficient (Wildman–Crippen LogP) is 3.52. The lowest BCUT2D eigenvalue weighted by Gasteiger charge is -2.07. The van der Waals surface area contributed by atoms with Crippen LogP contribution in [0.2, 0.25) is 0 Å². The first kappa shape index (κ1) is 17.3. The van der Waals surface area contributed by atoms with E-state index in [1.807, 2.05) is 0 Å². The molecule has 1 aromatic heterocycles. The highest BCUT2D eigenvalue weighted by molar-refractivity contribution is 6.02. The monoisotopic (exact) mass is 356 g/mol. The third-order valence-electron chi connectivity index (χ3n) is 3.37. The maximum Gasteiger partial charge on any atom is 0.387 e. The van der Waals surface area contributed by atoms with Crippen molar-refractivity contribution in [3.05, 3.63) is 72.8 Å². The number of carbonyl (C=O) groups is 1. The van der Waals surface area contributed by atoms with Gasteiger partial charge in [-0.25, -0.2) is 9.67 Å².